The number of carbonyl (C=O) groups excluding carboxylic acids is 2. The van der Waals surface area contributed by atoms with Crippen molar-refractivity contribution in [3.8, 4) is 0 Å². The molecule has 0 unspecified atom stereocenters. The van der Waals surface area contributed by atoms with E-state index >= 15 is 0 Å². The molecule has 0 bridgehead atoms. The van der Waals surface area contributed by atoms with Crippen LogP contribution in [0.25, 0.3) is 0 Å². The van der Waals surface area contributed by atoms with Crippen molar-refractivity contribution in [2.75, 3.05) is 9.80 Å². The molecule has 2 atom stereocenters. The second-order valence-electron chi connectivity index (χ2n) is 8.47. The molecule has 1 heterocycles. The fraction of sp³-hybridized carbons (Fsp3) is 0.259. The first-order chi connectivity index (χ1) is 16.2. The second kappa shape index (κ2) is 9.55. The van der Waals surface area contributed by atoms with Gasteiger partial charge in [0.05, 0.1) is 6.04 Å². The third kappa shape index (κ3) is 4.30. The maximum Gasteiger partial charge on any atom is 0.258 e. The maximum atomic E-state index is 14.4. The van der Waals surface area contributed by atoms with E-state index in [1.165, 1.54) is 6.92 Å². The maximum absolute atomic E-state index is 14.4. The Hall–Kier alpha value is -3.25. The summed E-state index contributed by atoms with van der Waals surface area (Å²) in [6, 6.07) is 15.9. The molecule has 0 radical (unpaired) electrons. The van der Waals surface area contributed by atoms with E-state index in [0.717, 1.165) is 17.7 Å². The highest BCUT2D eigenvalue weighted by atomic mass is 35.5. The summed E-state index contributed by atoms with van der Waals surface area (Å²) >= 11 is 6.04. The molecular weight excluding hydrogens is 458 g/mol. The molecule has 0 N–H and O–H groups in total. The smallest absolute Gasteiger partial charge is 0.258 e. The molecule has 0 saturated heterocycles. The number of hydrogen-bond donors (Lipinski definition) is 0. The summed E-state index contributed by atoms with van der Waals surface area (Å²) in [4.78, 5) is 29.5. The molecule has 0 saturated carbocycles. The highest BCUT2D eigenvalue weighted by Gasteiger charge is 2.38. The van der Waals surface area contributed by atoms with Crippen LogP contribution in [0.1, 0.15) is 54.7 Å². The predicted octanol–water partition coefficient (Wildman–Crippen LogP) is 6.71. The van der Waals surface area contributed by atoms with Gasteiger partial charge in [-0.3, -0.25) is 9.59 Å². The Kier molecular flexibility index (Phi) is 6.71. The number of para-hydroxylation sites is 1. The topological polar surface area (TPSA) is 40.6 Å². The van der Waals surface area contributed by atoms with Crippen molar-refractivity contribution in [2.24, 2.45) is 0 Å². The highest BCUT2D eigenvalue weighted by molar-refractivity contribution is 6.30. The number of anilines is 2. The third-order valence-electron chi connectivity index (χ3n) is 6.28. The number of carbonyl (C=O) groups is 2. The fourth-order valence-corrected chi connectivity index (χ4v) is 4.85. The van der Waals surface area contributed by atoms with Crippen molar-refractivity contribution >= 4 is 34.8 Å². The standard InChI is InChI=1S/C27H25ClF2N2O2/c1-4-21-23(29)14-18(15-24(21)30)27(34)31-16(2)13-26(22-7-5-6-8-25(22)31)32(17(3)33)20-11-9-19(28)10-12-20/h5-12,14-16,26H,4,13H2,1-3H3/t16-,26+/m0/s1. The first-order valence-electron chi connectivity index (χ1n) is 11.2. The summed E-state index contributed by atoms with van der Waals surface area (Å²) < 4.78 is 28.9. The molecule has 0 spiro atoms. The zero-order valence-electron chi connectivity index (χ0n) is 19.2. The number of halogens is 3. The Morgan fingerprint density at radius 1 is 1.06 bits per heavy atom. The van der Waals surface area contributed by atoms with Crippen LogP contribution in [0.4, 0.5) is 20.2 Å². The van der Waals surface area contributed by atoms with Crippen molar-refractivity contribution in [1.82, 2.24) is 0 Å². The molecule has 4 rings (SSSR count). The van der Waals surface area contributed by atoms with E-state index in [0.29, 0.717) is 22.8 Å². The van der Waals surface area contributed by atoms with E-state index in [2.05, 4.69) is 0 Å². The summed E-state index contributed by atoms with van der Waals surface area (Å²) in [7, 11) is 0. The Balaban J connectivity index is 1.78. The Morgan fingerprint density at radius 2 is 1.68 bits per heavy atom. The van der Waals surface area contributed by atoms with Gasteiger partial charge < -0.3 is 9.80 Å². The number of hydrogen-bond acceptors (Lipinski definition) is 2. The lowest BCUT2D eigenvalue weighted by atomic mass is 9.89. The predicted molar refractivity (Wildman–Crippen MR) is 130 cm³/mol. The van der Waals surface area contributed by atoms with Crippen molar-refractivity contribution in [3.05, 3.63) is 94.0 Å². The van der Waals surface area contributed by atoms with Gasteiger partial charge in [0.2, 0.25) is 5.91 Å². The molecule has 1 aliphatic rings. The lowest BCUT2D eigenvalue weighted by Gasteiger charge is -2.43. The molecule has 176 valence electrons. The molecule has 2 amide bonds. The zero-order chi connectivity index (χ0) is 24.6. The quantitative estimate of drug-likeness (QED) is 0.414. The summed E-state index contributed by atoms with van der Waals surface area (Å²) in [5.74, 6) is -2.09. The number of fused-ring (bicyclic) bond motifs is 1. The van der Waals surface area contributed by atoms with Gasteiger partial charge in [0.1, 0.15) is 11.6 Å². The van der Waals surface area contributed by atoms with Crippen LogP contribution in [0.5, 0.6) is 0 Å². The van der Waals surface area contributed by atoms with Crippen LogP contribution in [-0.2, 0) is 11.2 Å². The first-order valence-corrected chi connectivity index (χ1v) is 11.6. The van der Waals surface area contributed by atoms with Gasteiger partial charge in [0.25, 0.3) is 5.91 Å². The van der Waals surface area contributed by atoms with Gasteiger partial charge in [-0.25, -0.2) is 8.78 Å². The minimum Gasteiger partial charge on any atom is -0.305 e. The van der Waals surface area contributed by atoms with Crippen LogP contribution in [0.2, 0.25) is 5.02 Å². The molecule has 0 fully saturated rings. The van der Waals surface area contributed by atoms with Crippen molar-refractivity contribution < 1.29 is 18.4 Å². The lowest BCUT2D eigenvalue weighted by molar-refractivity contribution is -0.117. The normalized spacial score (nSPS) is 17.3. The molecule has 0 aliphatic carbocycles. The highest BCUT2D eigenvalue weighted by Crippen LogP contribution is 2.43. The van der Waals surface area contributed by atoms with Gasteiger partial charge in [-0.05, 0) is 67.8 Å². The average molecular weight is 483 g/mol. The SMILES string of the molecule is CCc1c(F)cc(C(=O)N2c3ccccc3[C@H](N(C(C)=O)c3ccc(Cl)cc3)C[C@@H]2C)cc1F. The van der Waals surface area contributed by atoms with Crippen molar-refractivity contribution in [2.45, 2.75) is 45.7 Å². The molecule has 3 aromatic carbocycles. The summed E-state index contributed by atoms with van der Waals surface area (Å²) in [6.45, 7) is 5.03. The van der Waals surface area contributed by atoms with Crippen LogP contribution in [0.15, 0.2) is 60.7 Å². The first kappa shape index (κ1) is 23.9. The monoisotopic (exact) mass is 482 g/mol. The minimum atomic E-state index is -0.729. The lowest BCUT2D eigenvalue weighted by Crippen LogP contribution is -2.47. The molecular formula is C27H25ClF2N2O2. The molecule has 1 aliphatic heterocycles. The van der Waals surface area contributed by atoms with Crippen LogP contribution < -0.4 is 9.80 Å². The Morgan fingerprint density at radius 3 is 2.26 bits per heavy atom. The molecule has 34 heavy (non-hydrogen) atoms. The summed E-state index contributed by atoms with van der Waals surface area (Å²) in [6.07, 6.45) is 0.644. The van der Waals surface area contributed by atoms with Gasteiger partial charge in [0, 0.05) is 40.5 Å². The summed E-state index contributed by atoms with van der Waals surface area (Å²) in [5.41, 5.74) is 2.00. The van der Waals surface area contributed by atoms with Crippen LogP contribution in [-0.4, -0.2) is 17.9 Å². The van der Waals surface area contributed by atoms with E-state index < -0.39 is 17.5 Å². The van der Waals surface area contributed by atoms with Crippen LogP contribution in [0, 0.1) is 11.6 Å². The van der Waals surface area contributed by atoms with Gasteiger partial charge in [-0.1, -0.05) is 36.7 Å². The van der Waals surface area contributed by atoms with Crippen molar-refractivity contribution in [1.29, 1.82) is 0 Å². The van der Waals surface area contributed by atoms with E-state index in [4.69, 9.17) is 11.6 Å². The molecule has 4 nitrogen and oxygen atoms in total. The van der Waals surface area contributed by atoms with Gasteiger partial charge in [0.15, 0.2) is 0 Å². The largest absolute Gasteiger partial charge is 0.305 e. The Labute approximate surface area is 202 Å². The number of amides is 2. The van der Waals surface area contributed by atoms with Gasteiger partial charge in [-0.2, -0.15) is 0 Å². The number of benzene rings is 3. The van der Waals surface area contributed by atoms with E-state index in [-0.39, 0.29) is 35.5 Å². The molecule has 3 aromatic rings. The Bertz CT molecular complexity index is 1220. The van der Waals surface area contributed by atoms with Crippen molar-refractivity contribution in [3.63, 3.8) is 0 Å². The average Bonchev–Trinajstić information content (AvgIpc) is 2.80. The molecule has 7 heteroatoms. The number of nitrogens with zero attached hydrogens (tertiary/aromatic N) is 2. The van der Waals surface area contributed by atoms with E-state index in [1.54, 1.807) is 53.1 Å². The minimum absolute atomic E-state index is 0.0382. The summed E-state index contributed by atoms with van der Waals surface area (Å²) in [5, 5.41) is 0.565. The van der Waals surface area contributed by atoms with E-state index in [9.17, 15) is 18.4 Å². The van der Waals surface area contributed by atoms with Gasteiger partial charge in [-0.15, -0.1) is 0 Å². The third-order valence-corrected chi connectivity index (χ3v) is 6.53. The molecule has 0 aromatic heterocycles. The number of rotatable bonds is 4. The second-order valence-corrected chi connectivity index (χ2v) is 8.91. The zero-order valence-corrected chi connectivity index (χ0v) is 19.9. The van der Waals surface area contributed by atoms with Crippen LogP contribution >= 0.6 is 11.6 Å². The van der Waals surface area contributed by atoms with Gasteiger partial charge >= 0.3 is 0 Å². The fourth-order valence-electron chi connectivity index (χ4n) is 4.72. The van der Waals surface area contributed by atoms with E-state index in [1.807, 2.05) is 19.1 Å². The van der Waals surface area contributed by atoms with Crippen LogP contribution in [0.3, 0.4) is 0 Å².